The van der Waals surface area contributed by atoms with Gasteiger partial charge in [0.05, 0.1) is 18.4 Å². The number of carbonyl (C=O) groups is 3. The predicted molar refractivity (Wildman–Crippen MR) is 105 cm³/mol. The standard InChI is InChI=1S/C20H19N3O5/c1-12(24)22-13-7-8-18(27-2)17(9-13)23-19(25)11-28-20(26)15-10-21-16-6-4-3-5-14(15)16/h3-10,21H,11H2,1-2H3,(H,22,24)(H,23,25). The SMILES string of the molecule is COc1ccc(NC(C)=O)cc1NC(=O)COC(=O)c1c[nH]c2ccccc12. The van der Waals surface area contributed by atoms with Gasteiger partial charge < -0.3 is 25.1 Å². The minimum atomic E-state index is -0.605. The average Bonchev–Trinajstić information content (AvgIpc) is 3.10. The van der Waals surface area contributed by atoms with Crippen molar-refractivity contribution in [3.63, 3.8) is 0 Å². The second-order valence-electron chi connectivity index (χ2n) is 5.97. The highest BCUT2D eigenvalue weighted by atomic mass is 16.5. The van der Waals surface area contributed by atoms with Gasteiger partial charge in [0.25, 0.3) is 5.91 Å². The maximum atomic E-state index is 12.3. The molecule has 0 saturated carbocycles. The first-order valence-electron chi connectivity index (χ1n) is 8.46. The zero-order chi connectivity index (χ0) is 20.1. The molecule has 0 atom stereocenters. The number of H-pyrrole nitrogens is 1. The van der Waals surface area contributed by atoms with Gasteiger partial charge in [-0.1, -0.05) is 18.2 Å². The molecule has 2 amide bonds. The number of rotatable bonds is 6. The van der Waals surface area contributed by atoms with Crippen molar-refractivity contribution in [2.75, 3.05) is 24.4 Å². The third-order valence-electron chi connectivity index (χ3n) is 3.94. The summed E-state index contributed by atoms with van der Waals surface area (Å²) in [5, 5.41) is 5.95. The zero-order valence-corrected chi connectivity index (χ0v) is 15.4. The largest absolute Gasteiger partial charge is 0.495 e. The van der Waals surface area contributed by atoms with Crippen LogP contribution in [-0.2, 0) is 14.3 Å². The van der Waals surface area contributed by atoms with Crippen molar-refractivity contribution in [1.29, 1.82) is 0 Å². The summed E-state index contributed by atoms with van der Waals surface area (Å²) in [7, 11) is 1.46. The Balaban J connectivity index is 1.65. The molecule has 0 aliphatic carbocycles. The maximum absolute atomic E-state index is 12.3. The minimum absolute atomic E-state index is 0.241. The van der Waals surface area contributed by atoms with E-state index in [2.05, 4.69) is 15.6 Å². The monoisotopic (exact) mass is 381 g/mol. The fourth-order valence-electron chi connectivity index (χ4n) is 2.72. The number of benzene rings is 2. The van der Waals surface area contributed by atoms with Crippen molar-refractivity contribution in [2.24, 2.45) is 0 Å². The number of anilines is 2. The summed E-state index contributed by atoms with van der Waals surface area (Å²) in [5.74, 6) is -0.974. The van der Waals surface area contributed by atoms with Gasteiger partial charge in [0, 0.05) is 29.7 Å². The summed E-state index contributed by atoms with van der Waals surface area (Å²) in [6, 6.07) is 12.1. The van der Waals surface area contributed by atoms with Crippen molar-refractivity contribution < 1.29 is 23.9 Å². The molecule has 8 nitrogen and oxygen atoms in total. The van der Waals surface area contributed by atoms with E-state index in [1.54, 1.807) is 30.5 Å². The second-order valence-corrected chi connectivity index (χ2v) is 5.97. The molecule has 0 aliphatic heterocycles. The Morgan fingerprint density at radius 2 is 1.86 bits per heavy atom. The van der Waals surface area contributed by atoms with Gasteiger partial charge in [-0.15, -0.1) is 0 Å². The van der Waals surface area contributed by atoms with E-state index in [-0.39, 0.29) is 5.91 Å². The van der Waals surface area contributed by atoms with E-state index in [1.165, 1.54) is 14.0 Å². The molecule has 8 heteroatoms. The van der Waals surface area contributed by atoms with Crippen LogP contribution in [0.25, 0.3) is 10.9 Å². The molecule has 0 spiro atoms. The van der Waals surface area contributed by atoms with E-state index >= 15 is 0 Å². The Morgan fingerprint density at radius 1 is 1.07 bits per heavy atom. The number of aromatic nitrogens is 1. The van der Waals surface area contributed by atoms with Crippen molar-refractivity contribution in [3.05, 3.63) is 54.2 Å². The fraction of sp³-hybridized carbons (Fsp3) is 0.150. The molecular weight excluding hydrogens is 362 g/mol. The molecule has 3 N–H and O–H groups in total. The molecule has 3 aromatic rings. The van der Waals surface area contributed by atoms with E-state index in [4.69, 9.17) is 9.47 Å². The van der Waals surface area contributed by atoms with Crippen molar-refractivity contribution in [3.8, 4) is 5.75 Å². The summed E-state index contributed by atoms with van der Waals surface area (Å²) in [6.45, 7) is 0.915. The number of ether oxygens (including phenoxy) is 2. The highest BCUT2D eigenvalue weighted by Crippen LogP contribution is 2.28. The third kappa shape index (κ3) is 4.29. The van der Waals surface area contributed by atoms with Gasteiger partial charge in [0.1, 0.15) is 5.75 Å². The topological polar surface area (TPSA) is 110 Å². The van der Waals surface area contributed by atoms with Crippen LogP contribution < -0.4 is 15.4 Å². The Hall–Kier alpha value is -3.81. The summed E-state index contributed by atoms with van der Waals surface area (Å²) >= 11 is 0. The Kier molecular flexibility index (Phi) is 5.59. The van der Waals surface area contributed by atoms with Crippen LogP contribution in [0.2, 0.25) is 0 Å². The number of amides is 2. The van der Waals surface area contributed by atoms with Crippen LogP contribution >= 0.6 is 0 Å². The van der Waals surface area contributed by atoms with Crippen molar-refractivity contribution in [1.82, 2.24) is 4.98 Å². The summed E-state index contributed by atoms with van der Waals surface area (Å²) in [5.41, 5.74) is 2.01. The normalized spacial score (nSPS) is 10.4. The van der Waals surface area contributed by atoms with E-state index < -0.39 is 18.5 Å². The molecule has 1 heterocycles. The molecule has 1 aromatic heterocycles. The maximum Gasteiger partial charge on any atom is 0.340 e. The predicted octanol–water partition coefficient (Wildman–Crippen LogP) is 2.93. The van der Waals surface area contributed by atoms with E-state index in [9.17, 15) is 14.4 Å². The number of esters is 1. The summed E-state index contributed by atoms with van der Waals surface area (Å²) in [4.78, 5) is 38.7. The zero-order valence-electron chi connectivity index (χ0n) is 15.4. The lowest BCUT2D eigenvalue weighted by Crippen LogP contribution is -2.21. The number of nitrogens with one attached hydrogen (secondary N) is 3. The lowest BCUT2D eigenvalue weighted by molar-refractivity contribution is -0.119. The molecular formula is C20H19N3O5. The first kappa shape index (κ1) is 19.0. The number of aromatic amines is 1. The summed E-state index contributed by atoms with van der Waals surface area (Å²) < 4.78 is 10.3. The quantitative estimate of drug-likeness (QED) is 0.569. The van der Waals surface area contributed by atoms with Gasteiger partial charge >= 0.3 is 5.97 Å². The number of hydrogen-bond acceptors (Lipinski definition) is 5. The van der Waals surface area contributed by atoms with Gasteiger partial charge in [0.15, 0.2) is 6.61 Å². The minimum Gasteiger partial charge on any atom is -0.495 e. The van der Waals surface area contributed by atoms with Gasteiger partial charge in [-0.05, 0) is 24.3 Å². The Morgan fingerprint density at radius 3 is 2.61 bits per heavy atom. The molecule has 0 saturated heterocycles. The summed E-state index contributed by atoms with van der Waals surface area (Å²) in [6.07, 6.45) is 1.55. The number of carbonyl (C=O) groups excluding carboxylic acids is 3. The second kappa shape index (κ2) is 8.26. The Labute approximate surface area is 160 Å². The molecule has 0 radical (unpaired) electrons. The van der Waals surface area contributed by atoms with Crippen LogP contribution in [0.1, 0.15) is 17.3 Å². The van der Waals surface area contributed by atoms with Gasteiger partial charge in [0.2, 0.25) is 5.91 Å². The molecule has 0 aliphatic rings. The van der Waals surface area contributed by atoms with Crippen LogP contribution in [0, 0.1) is 0 Å². The van der Waals surface area contributed by atoms with Gasteiger partial charge in [-0.2, -0.15) is 0 Å². The van der Waals surface area contributed by atoms with Crippen LogP contribution in [0.15, 0.2) is 48.7 Å². The van der Waals surface area contributed by atoms with Crippen LogP contribution in [0.4, 0.5) is 11.4 Å². The van der Waals surface area contributed by atoms with Crippen molar-refractivity contribution in [2.45, 2.75) is 6.92 Å². The van der Waals surface area contributed by atoms with E-state index in [0.29, 0.717) is 22.7 Å². The lowest BCUT2D eigenvalue weighted by atomic mass is 10.2. The molecule has 28 heavy (non-hydrogen) atoms. The van der Waals surface area contributed by atoms with Crippen molar-refractivity contribution >= 4 is 40.1 Å². The van der Waals surface area contributed by atoms with Crippen LogP contribution in [0.5, 0.6) is 5.75 Å². The number of methoxy groups -OCH3 is 1. The first-order valence-corrected chi connectivity index (χ1v) is 8.46. The number of para-hydroxylation sites is 1. The van der Waals surface area contributed by atoms with Crippen LogP contribution in [-0.4, -0.2) is 36.5 Å². The molecule has 144 valence electrons. The number of hydrogen-bond donors (Lipinski definition) is 3. The van der Waals surface area contributed by atoms with E-state index in [0.717, 1.165) is 10.9 Å². The van der Waals surface area contributed by atoms with Gasteiger partial charge in [-0.25, -0.2) is 4.79 Å². The van der Waals surface area contributed by atoms with E-state index in [1.807, 2.05) is 18.2 Å². The Bertz CT molecular complexity index is 1040. The molecule has 0 bridgehead atoms. The smallest absolute Gasteiger partial charge is 0.340 e. The highest BCUT2D eigenvalue weighted by molar-refractivity contribution is 6.05. The molecule has 0 fully saturated rings. The number of fused-ring (bicyclic) bond motifs is 1. The molecule has 2 aromatic carbocycles. The molecule has 3 rings (SSSR count). The lowest BCUT2D eigenvalue weighted by Gasteiger charge is -2.12. The average molecular weight is 381 g/mol. The van der Waals surface area contributed by atoms with Crippen LogP contribution in [0.3, 0.4) is 0 Å². The molecule has 0 unspecified atom stereocenters. The highest BCUT2D eigenvalue weighted by Gasteiger charge is 2.16. The van der Waals surface area contributed by atoms with Gasteiger partial charge in [-0.3, -0.25) is 9.59 Å². The first-order chi connectivity index (χ1) is 13.5. The fourth-order valence-corrected chi connectivity index (χ4v) is 2.72. The third-order valence-corrected chi connectivity index (χ3v) is 3.94.